The Labute approximate surface area is 80.1 Å². The molecule has 3 heteroatoms. The first-order valence-corrected chi connectivity index (χ1v) is 5.34. The van der Waals surface area contributed by atoms with Crippen molar-refractivity contribution in [3.8, 4) is 0 Å². The van der Waals surface area contributed by atoms with Crippen LogP contribution in [0.15, 0.2) is 0 Å². The molecule has 2 N–H and O–H groups in total. The first-order valence-electron chi connectivity index (χ1n) is 5.34. The molecule has 13 heavy (non-hydrogen) atoms. The number of hydrogen-bond acceptors (Lipinski definition) is 3. The normalized spacial score (nSPS) is 35.1. The minimum atomic E-state index is -0.0771. The number of aliphatic hydroxyl groups is 1. The lowest BCUT2D eigenvalue weighted by atomic mass is 9.89. The first-order chi connectivity index (χ1) is 6.21. The van der Waals surface area contributed by atoms with Gasteiger partial charge in [0.15, 0.2) is 0 Å². The Kier molecular flexibility index (Phi) is 2.58. The van der Waals surface area contributed by atoms with E-state index < -0.39 is 0 Å². The smallest absolute Gasteiger partial charge is 0.0679 e. The second kappa shape index (κ2) is 3.56. The van der Waals surface area contributed by atoms with Crippen molar-refractivity contribution >= 4 is 0 Å². The van der Waals surface area contributed by atoms with E-state index in [-0.39, 0.29) is 6.10 Å². The van der Waals surface area contributed by atoms with Crippen LogP contribution in [-0.4, -0.2) is 47.8 Å². The van der Waals surface area contributed by atoms with Crippen molar-refractivity contribution in [3.05, 3.63) is 0 Å². The van der Waals surface area contributed by atoms with E-state index in [1.54, 1.807) is 0 Å². The van der Waals surface area contributed by atoms with Crippen LogP contribution in [0.4, 0.5) is 0 Å². The van der Waals surface area contributed by atoms with Crippen molar-refractivity contribution in [2.45, 2.75) is 37.8 Å². The number of rotatable bonds is 1. The number of nitrogens with zero attached hydrogens (tertiary/aromatic N) is 1. The molecule has 2 rings (SSSR count). The monoisotopic (exact) mass is 184 g/mol. The van der Waals surface area contributed by atoms with E-state index in [9.17, 15) is 5.11 Å². The van der Waals surface area contributed by atoms with Gasteiger partial charge in [-0.05, 0) is 39.3 Å². The number of hydrogen-bond donors (Lipinski definition) is 2. The van der Waals surface area contributed by atoms with Gasteiger partial charge >= 0.3 is 0 Å². The molecule has 0 radical (unpaired) electrons. The summed E-state index contributed by atoms with van der Waals surface area (Å²) < 4.78 is 0. The van der Waals surface area contributed by atoms with Gasteiger partial charge in [-0.15, -0.1) is 0 Å². The zero-order valence-corrected chi connectivity index (χ0v) is 8.42. The van der Waals surface area contributed by atoms with Gasteiger partial charge in [0.1, 0.15) is 0 Å². The third-order valence-corrected chi connectivity index (χ3v) is 3.61. The largest absolute Gasteiger partial charge is 0.392 e. The maximum atomic E-state index is 9.49. The highest BCUT2D eigenvalue weighted by molar-refractivity contribution is 4.94. The Hall–Kier alpha value is -0.120. The van der Waals surface area contributed by atoms with Gasteiger partial charge in [-0.25, -0.2) is 0 Å². The molecule has 0 unspecified atom stereocenters. The van der Waals surface area contributed by atoms with Crippen molar-refractivity contribution < 1.29 is 5.11 Å². The molecule has 0 amide bonds. The summed E-state index contributed by atoms with van der Waals surface area (Å²) in [6.45, 7) is 6.56. The zero-order valence-electron chi connectivity index (χ0n) is 8.42. The van der Waals surface area contributed by atoms with E-state index in [1.165, 1.54) is 12.8 Å². The van der Waals surface area contributed by atoms with Crippen LogP contribution in [0.1, 0.15) is 26.2 Å². The summed E-state index contributed by atoms with van der Waals surface area (Å²) in [6, 6.07) is 0. The molecule has 2 aliphatic rings. The quantitative estimate of drug-likeness (QED) is 0.611. The topological polar surface area (TPSA) is 35.5 Å². The summed E-state index contributed by atoms with van der Waals surface area (Å²) in [6.07, 6.45) is 3.33. The van der Waals surface area contributed by atoms with Crippen LogP contribution >= 0.6 is 0 Å². The SMILES string of the molecule is CC1(N2CC[C@H](O)C2)CCNCC1. The summed E-state index contributed by atoms with van der Waals surface area (Å²) >= 11 is 0. The van der Waals surface area contributed by atoms with Gasteiger partial charge < -0.3 is 10.4 Å². The van der Waals surface area contributed by atoms with Crippen LogP contribution in [-0.2, 0) is 0 Å². The van der Waals surface area contributed by atoms with Crippen molar-refractivity contribution in [1.82, 2.24) is 10.2 Å². The average Bonchev–Trinajstić information content (AvgIpc) is 2.54. The highest BCUT2D eigenvalue weighted by Crippen LogP contribution is 2.29. The summed E-state index contributed by atoms with van der Waals surface area (Å²) in [5, 5.41) is 12.9. The van der Waals surface area contributed by atoms with Gasteiger partial charge in [0.25, 0.3) is 0 Å². The molecule has 2 saturated heterocycles. The Balaban J connectivity index is 1.97. The fourth-order valence-corrected chi connectivity index (χ4v) is 2.51. The van der Waals surface area contributed by atoms with E-state index in [0.29, 0.717) is 5.54 Å². The summed E-state index contributed by atoms with van der Waals surface area (Å²) in [4.78, 5) is 2.47. The van der Waals surface area contributed by atoms with E-state index in [1.807, 2.05) is 0 Å². The van der Waals surface area contributed by atoms with Crippen LogP contribution in [0.25, 0.3) is 0 Å². The van der Waals surface area contributed by atoms with E-state index in [2.05, 4.69) is 17.1 Å². The lowest BCUT2D eigenvalue weighted by Gasteiger charge is -2.42. The zero-order chi connectivity index (χ0) is 9.31. The van der Waals surface area contributed by atoms with Crippen molar-refractivity contribution in [2.75, 3.05) is 26.2 Å². The van der Waals surface area contributed by atoms with Crippen molar-refractivity contribution in [2.24, 2.45) is 0 Å². The molecule has 2 aliphatic heterocycles. The number of piperidine rings is 1. The summed E-state index contributed by atoms with van der Waals surface area (Å²) in [5.74, 6) is 0. The Bertz CT molecular complexity index is 178. The molecular weight excluding hydrogens is 164 g/mol. The lowest BCUT2D eigenvalue weighted by molar-refractivity contribution is 0.0788. The third kappa shape index (κ3) is 1.87. The lowest BCUT2D eigenvalue weighted by Crippen LogP contribution is -2.51. The predicted molar refractivity (Wildman–Crippen MR) is 52.7 cm³/mol. The molecule has 1 atom stereocenters. The Morgan fingerprint density at radius 3 is 2.62 bits per heavy atom. The van der Waals surface area contributed by atoms with Crippen molar-refractivity contribution in [3.63, 3.8) is 0 Å². The highest BCUT2D eigenvalue weighted by atomic mass is 16.3. The van der Waals surface area contributed by atoms with E-state index in [4.69, 9.17) is 0 Å². The number of aliphatic hydroxyl groups excluding tert-OH is 1. The maximum absolute atomic E-state index is 9.49. The average molecular weight is 184 g/mol. The fraction of sp³-hybridized carbons (Fsp3) is 1.00. The number of nitrogens with one attached hydrogen (secondary N) is 1. The van der Waals surface area contributed by atoms with Crippen LogP contribution in [0.5, 0.6) is 0 Å². The second-order valence-electron chi connectivity index (χ2n) is 4.64. The van der Waals surface area contributed by atoms with Gasteiger partial charge in [0.05, 0.1) is 6.10 Å². The fourth-order valence-electron chi connectivity index (χ4n) is 2.51. The molecular formula is C10H20N2O. The van der Waals surface area contributed by atoms with E-state index >= 15 is 0 Å². The number of likely N-dealkylation sites (tertiary alicyclic amines) is 1. The molecule has 0 bridgehead atoms. The molecule has 0 aromatic rings. The van der Waals surface area contributed by atoms with Gasteiger partial charge in [-0.3, -0.25) is 4.90 Å². The molecule has 3 nitrogen and oxygen atoms in total. The minimum absolute atomic E-state index is 0.0771. The van der Waals surface area contributed by atoms with Gasteiger partial charge in [-0.2, -0.15) is 0 Å². The van der Waals surface area contributed by atoms with Crippen LogP contribution in [0.2, 0.25) is 0 Å². The second-order valence-corrected chi connectivity index (χ2v) is 4.64. The molecule has 2 heterocycles. The number of β-amino-alcohol motifs (C(OH)–C–C–N with tert-alkyl or cyclic N) is 1. The highest BCUT2D eigenvalue weighted by Gasteiger charge is 2.36. The predicted octanol–water partition coefficient (Wildman–Crippen LogP) is 0.195. The minimum Gasteiger partial charge on any atom is -0.392 e. The molecule has 0 aliphatic carbocycles. The van der Waals surface area contributed by atoms with Gasteiger partial charge in [0.2, 0.25) is 0 Å². The van der Waals surface area contributed by atoms with Crippen molar-refractivity contribution in [1.29, 1.82) is 0 Å². The molecule has 0 saturated carbocycles. The third-order valence-electron chi connectivity index (χ3n) is 3.61. The van der Waals surface area contributed by atoms with Gasteiger partial charge in [0, 0.05) is 18.6 Å². The molecule has 0 aromatic heterocycles. The Morgan fingerprint density at radius 1 is 1.38 bits per heavy atom. The molecule has 0 spiro atoms. The van der Waals surface area contributed by atoms with Crippen LogP contribution in [0, 0.1) is 0 Å². The van der Waals surface area contributed by atoms with Crippen LogP contribution < -0.4 is 5.32 Å². The van der Waals surface area contributed by atoms with Crippen LogP contribution in [0.3, 0.4) is 0 Å². The molecule has 0 aromatic carbocycles. The maximum Gasteiger partial charge on any atom is 0.0679 e. The standard InChI is InChI=1S/C10H20N2O/c1-10(3-5-11-6-4-10)12-7-2-9(13)8-12/h9,11,13H,2-8H2,1H3/t9-/m0/s1. The van der Waals surface area contributed by atoms with Gasteiger partial charge in [-0.1, -0.05) is 0 Å². The summed E-state index contributed by atoms with van der Waals surface area (Å²) in [5.41, 5.74) is 0.350. The van der Waals surface area contributed by atoms with E-state index in [0.717, 1.165) is 32.6 Å². The Morgan fingerprint density at radius 2 is 2.08 bits per heavy atom. The molecule has 76 valence electrons. The molecule has 2 fully saturated rings. The summed E-state index contributed by atoms with van der Waals surface area (Å²) in [7, 11) is 0. The first kappa shape index (κ1) is 9.44.